The van der Waals surface area contributed by atoms with Gasteiger partial charge in [0.05, 0.1) is 13.2 Å². The molecule has 25 nitrogen and oxygen atoms in total. The Labute approximate surface area is 704 Å². The molecular weight excluding hydrogens is 1520 g/mol. The van der Waals surface area contributed by atoms with Crippen molar-refractivity contribution >= 4 is 31.7 Å². The molecule has 10 N–H and O–H groups in total. The third-order valence-corrected chi connectivity index (χ3v) is 23.6. The molecule has 18 atom stereocenters. The molecule has 0 aromatic rings. The van der Waals surface area contributed by atoms with Crippen LogP contribution < -0.4 is 0 Å². The van der Waals surface area contributed by atoms with Crippen molar-refractivity contribution in [2.24, 2.45) is 0 Å². The minimum atomic E-state index is -5.81. The van der Waals surface area contributed by atoms with Crippen molar-refractivity contribution in [3.8, 4) is 0 Å². The number of esters is 4. The summed E-state index contributed by atoms with van der Waals surface area (Å²) in [6.07, 6.45) is 31.4. The Kier molecular flexibility index (Phi) is 64.6. The minimum Gasteiger partial charge on any atom is -0.463 e. The SMILES string of the molecule is CCCCCC/C=C\CCCCCCCCCC(=O)OCC(COP(=O)(O)OC1C(OC2OC(CO)C(O)C(O)C2O)C(O)C(O)C(OC(=O)CCCCCCCCCCCCCCCCC)C1OC1OC(COC(=O)CCCCCCCCC/C=C\CCCCCC)C(O)C(O)C1O)OC(=O)CCCCC/C=C\CCCCCCCC. The lowest BCUT2D eigenvalue weighted by Crippen LogP contribution is -2.70. The van der Waals surface area contributed by atoms with Crippen molar-refractivity contribution in [1.82, 2.24) is 0 Å². The third-order valence-electron chi connectivity index (χ3n) is 22.6. The quantitative estimate of drug-likeness (QED) is 0.00889. The zero-order valence-electron chi connectivity index (χ0n) is 72.7. The molecule has 1 saturated carbocycles. The zero-order valence-corrected chi connectivity index (χ0v) is 73.6. The van der Waals surface area contributed by atoms with E-state index >= 15 is 0 Å². The maximum absolute atomic E-state index is 14.9. The van der Waals surface area contributed by atoms with Gasteiger partial charge in [-0.1, -0.05) is 295 Å². The molecule has 2 saturated heterocycles. The van der Waals surface area contributed by atoms with Gasteiger partial charge in [0.1, 0.15) is 92.6 Å². The van der Waals surface area contributed by atoms with E-state index in [1.807, 2.05) is 0 Å². The highest BCUT2D eigenvalue weighted by molar-refractivity contribution is 7.47. The predicted octanol–water partition coefficient (Wildman–Crippen LogP) is 17.1. The molecule has 2 heterocycles. The largest absolute Gasteiger partial charge is 0.472 e. The number of allylic oxidation sites excluding steroid dienone is 6. The zero-order chi connectivity index (χ0) is 85.4. The van der Waals surface area contributed by atoms with Gasteiger partial charge in [0.15, 0.2) is 24.8 Å². The first kappa shape index (κ1) is 108. The number of hydrogen-bond donors (Lipinski definition) is 10. The number of unbranched alkanes of at least 4 members (excludes halogenated alkanes) is 45. The Morgan fingerprint density at radius 2 is 0.641 bits per heavy atom. The predicted molar refractivity (Wildman–Crippen MR) is 453 cm³/mol. The fourth-order valence-corrected chi connectivity index (χ4v) is 16.1. The lowest BCUT2D eigenvalue weighted by Gasteiger charge is -2.50. The van der Waals surface area contributed by atoms with Gasteiger partial charge in [0.2, 0.25) is 0 Å². The number of rotatable bonds is 75. The summed E-state index contributed by atoms with van der Waals surface area (Å²) in [5, 5.41) is 102. The maximum Gasteiger partial charge on any atom is 0.472 e. The summed E-state index contributed by atoms with van der Waals surface area (Å²) in [5.74, 6) is -2.99. The number of ether oxygens (including phenoxy) is 8. The second-order valence-electron chi connectivity index (χ2n) is 33.2. The van der Waals surface area contributed by atoms with Crippen molar-refractivity contribution < 1.29 is 122 Å². The van der Waals surface area contributed by atoms with Crippen LogP contribution in [0.1, 0.15) is 387 Å². The average Bonchev–Trinajstić information content (AvgIpc) is 0.754. The number of carbonyl (C=O) groups is 4. The van der Waals surface area contributed by atoms with E-state index in [4.69, 9.17) is 46.9 Å². The summed E-state index contributed by atoms with van der Waals surface area (Å²) in [5.41, 5.74) is 0. The molecule has 684 valence electrons. The van der Waals surface area contributed by atoms with Crippen molar-refractivity contribution in [3.63, 3.8) is 0 Å². The molecular formula is C91H165O25P. The summed E-state index contributed by atoms with van der Waals surface area (Å²) >= 11 is 0. The molecule has 3 fully saturated rings. The molecule has 26 heteroatoms. The van der Waals surface area contributed by atoms with Crippen LogP contribution in [0.3, 0.4) is 0 Å². The highest BCUT2D eigenvalue weighted by atomic mass is 31.2. The topological polar surface area (TPSA) is 380 Å². The molecule has 3 aliphatic rings. The normalized spacial score (nSPS) is 25.2. The van der Waals surface area contributed by atoms with Crippen molar-refractivity contribution in [2.75, 3.05) is 26.4 Å². The Hall–Kier alpha value is -3.31. The van der Waals surface area contributed by atoms with Crippen LogP contribution in [-0.2, 0) is 70.7 Å². The second-order valence-corrected chi connectivity index (χ2v) is 34.6. The van der Waals surface area contributed by atoms with Gasteiger partial charge in [0.25, 0.3) is 0 Å². The maximum atomic E-state index is 14.9. The highest BCUT2D eigenvalue weighted by Gasteiger charge is 2.60. The molecule has 0 radical (unpaired) electrons. The number of hydrogen-bond acceptors (Lipinski definition) is 24. The number of carbonyl (C=O) groups excluding carboxylic acids is 4. The summed E-state index contributed by atoms with van der Waals surface area (Å²) in [7, 11) is -5.81. The van der Waals surface area contributed by atoms with Gasteiger partial charge in [-0.3, -0.25) is 28.2 Å². The van der Waals surface area contributed by atoms with E-state index in [2.05, 4.69) is 64.2 Å². The Morgan fingerprint density at radius 1 is 0.333 bits per heavy atom. The molecule has 18 unspecified atom stereocenters. The first-order valence-corrected chi connectivity index (χ1v) is 48.2. The molecule has 1 aliphatic carbocycles. The van der Waals surface area contributed by atoms with Gasteiger partial charge < -0.3 is 88.7 Å². The van der Waals surface area contributed by atoms with E-state index in [1.165, 1.54) is 135 Å². The van der Waals surface area contributed by atoms with Crippen LogP contribution in [0.2, 0.25) is 0 Å². The van der Waals surface area contributed by atoms with Gasteiger partial charge in [-0.25, -0.2) is 4.57 Å². The van der Waals surface area contributed by atoms with Crippen LogP contribution in [-0.4, -0.2) is 205 Å². The molecule has 0 aromatic carbocycles. The van der Waals surface area contributed by atoms with Crippen LogP contribution in [0, 0.1) is 0 Å². The smallest absolute Gasteiger partial charge is 0.463 e. The van der Waals surface area contributed by atoms with Crippen LogP contribution >= 0.6 is 7.82 Å². The second kappa shape index (κ2) is 70.0. The lowest BCUT2D eigenvalue weighted by molar-refractivity contribution is -0.360. The molecule has 117 heavy (non-hydrogen) atoms. The monoisotopic (exact) mass is 1690 g/mol. The fourth-order valence-electron chi connectivity index (χ4n) is 15.1. The van der Waals surface area contributed by atoms with Gasteiger partial charge in [-0.2, -0.15) is 0 Å². The number of phosphoric acid groups is 1. The molecule has 0 bridgehead atoms. The summed E-state index contributed by atoms with van der Waals surface area (Å²) in [6.45, 7) is 5.54. The van der Waals surface area contributed by atoms with Gasteiger partial charge in [-0.15, -0.1) is 0 Å². The standard InChI is InChI=1S/C91H165O25P/c1-5-9-13-17-21-25-29-33-36-40-43-47-51-55-59-63-74(93)107-68-71(110-76(95)65-61-57-53-49-45-39-32-28-24-20-16-12-8-4)69-109-117(105,106)116-89-87(114-90-84(103)80(99)78(97)72(67-92)111-90)83(102)82(101)86(113-77(96)66-62-58-54-50-46-42-38-35-31-27-23-19-15-11-7-3)88(89)115-91-85(104)81(100)79(98)73(112-91)70-108-75(94)64-60-56-52-48-44-41-37-34-30-26-22-18-14-10-6-2/h25-26,29-30,39,45,71-73,78-92,97-104H,5-24,27-28,31-38,40-44,46-70H2,1-4H3,(H,105,106)/b29-25-,30-26-,45-39-. The Bertz CT molecular complexity index is 2580. The van der Waals surface area contributed by atoms with Crippen molar-refractivity contribution in [3.05, 3.63) is 36.5 Å². The summed E-state index contributed by atoms with van der Waals surface area (Å²) < 4.78 is 73.4. The van der Waals surface area contributed by atoms with Crippen LogP contribution in [0.25, 0.3) is 0 Å². The lowest BCUT2D eigenvalue weighted by atomic mass is 9.84. The molecule has 0 aromatic heterocycles. The molecule has 3 rings (SSSR count). The minimum absolute atomic E-state index is 0.00814. The average molecular weight is 1690 g/mol. The number of aliphatic hydroxyl groups excluding tert-OH is 9. The number of phosphoric ester groups is 1. The van der Waals surface area contributed by atoms with E-state index in [9.17, 15) is 74.6 Å². The van der Waals surface area contributed by atoms with Crippen molar-refractivity contribution in [2.45, 2.75) is 491 Å². The van der Waals surface area contributed by atoms with Gasteiger partial charge in [0, 0.05) is 25.7 Å². The van der Waals surface area contributed by atoms with E-state index < -0.39 is 162 Å². The van der Waals surface area contributed by atoms with Gasteiger partial charge >= 0.3 is 31.7 Å². The Balaban J connectivity index is 1.92. The molecule has 0 spiro atoms. The van der Waals surface area contributed by atoms with E-state index in [0.717, 1.165) is 161 Å². The van der Waals surface area contributed by atoms with Crippen LogP contribution in [0.15, 0.2) is 36.5 Å². The summed E-state index contributed by atoms with van der Waals surface area (Å²) in [4.78, 5) is 66.4. The van der Waals surface area contributed by atoms with Crippen molar-refractivity contribution in [1.29, 1.82) is 0 Å². The first-order valence-electron chi connectivity index (χ1n) is 46.7. The van der Waals surface area contributed by atoms with Crippen LogP contribution in [0.5, 0.6) is 0 Å². The molecule has 0 amide bonds. The van der Waals surface area contributed by atoms with E-state index in [-0.39, 0.29) is 25.7 Å². The van der Waals surface area contributed by atoms with Crippen LogP contribution in [0.4, 0.5) is 0 Å². The Morgan fingerprint density at radius 3 is 1.03 bits per heavy atom. The van der Waals surface area contributed by atoms with E-state index in [1.54, 1.807) is 0 Å². The highest BCUT2D eigenvalue weighted by Crippen LogP contribution is 2.49. The summed E-state index contributed by atoms with van der Waals surface area (Å²) in [6, 6.07) is 0. The first-order chi connectivity index (χ1) is 56.7. The van der Waals surface area contributed by atoms with E-state index in [0.29, 0.717) is 38.5 Å². The van der Waals surface area contributed by atoms with Gasteiger partial charge in [-0.05, 0) is 103 Å². The fraction of sp³-hybridized carbons (Fsp3) is 0.890. The molecule has 2 aliphatic heterocycles. The number of aliphatic hydroxyl groups is 9. The third kappa shape index (κ3) is 50.3.